The molecular formula is C14H15N3OS. The van der Waals surface area contributed by atoms with E-state index in [1.54, 1.807) is 11.7 Å². The molecule has 2 aromatic rings. The van der Waals surface area contributed by atoms with Crippen LogP contribution < -0.4 is 10.6 Å². The van der Waals surface area contributed by atoms with Crippen LogP contribution in [0.15, 0.2) is 36.0 Å². The minimum atomic E-state index is 0.0365. The van der Waals surface area contributed by atoms with Gasteiger partial charge in [-0.05, 0) is 24.6 Å². The molecule has 98 valence electrons. The van der Waals surface area contributed by atoms with Gasteiger partial charge in [0, 0.05) is 18.2 Å². The van der Waals surface area contributed by atoms with E-state index in [2.05, 4.69) is 11.1 Å². The molecule has 0 spiro atoms. The predicted molar refractivity (Wildman–Crippen MR) is 76.6 cm³/mol. The van der Waals surface area contributed by atoms with Gasteiger partial charge in [0.2, 0.25) is 0 Å². The number of anilines is 1. The van der Waals surface area contributed by atoms with Crippen LogP contribution in [0, 0.1) is 0 Å². The van der Waals surface area contributed by atoms with E-state index >= 15 is 0 Å². The minimum Gasteiger partial charge on any atom is -0.330 e. The largest absolute Gasteiger partial charge is 0.330 e. The van der Waals surface area contributed by atoms with Crippen molar-refractivity contribution < 1.29 is 4.79 Å². The monoisotopic (exact) mass is 273 g/mol. The molecule has 3 rings (SSSR count). The molecule has 2 N–H and O–H groups in total. The first kappa shape index (κ1) is 12.3. The molecule has 1 amide bonds. The Balaban J connectivity index is 1.94. The van der Waals surface area contributed by atoms with Crippen molar-refractivity contribution in [3.8, 4) is 0 Å². The fraction of sp³-hybridized carbons (Fsp3) is 0.286. The number of nitrogens with zero attached hydrogens (tertiary/aromatic N) is 2. The van der Waals surface area contributed by atoms with E-state index in [4.69, 9.17) is 5.73 Å². The van der Waals surface area contributed by atoms with Gasteiger partial charge < -0.3 is 10.6 Å². The molecule has 0 saturated heterocycles. The van der Waals surface area contributed by atoms with E-state index in [1.807, 2.05) is 23.1 Å². The third kappa shape index (κ3) is 2.15. The van der Waals surface area contributed by atoms with Gasteiger partial charge in [0.05, 0.1) is 11.7 Å². The Morgan fingerprint density at radius 3 is 3.05 bits per heavy atom. The molecule has 1 aliphatic heterocycles. The lowest BCUT2D eigenvalue weighted by Gasteiger charge is -2.16. The molecule has 1 aromatic heterocycles. The van der Waals surface area contributed by atoms with Gasteiger partial charge in [-0.1, -0.05) is 18.2 Å². The number of carbonyl (C=O) groups is 1. The van der Waals surface area contributed by atoms with Crippen LogP contribution in [-0.2, 0) is 0 Å². The topological polar surface area (TPSA) is 59.2 Å². The first-order valence-electron chi connectivity index (χ1n) is 6.30. The molecule has 0 radical (unpaired) electrons. The Hall–Kier alpha value is -1.72. The molecule has 1 aliphatic rings. The summed E-state index contributed by atoms with van der Waals surface area (Å²) in [7, 11) is 0. The summed E-state index contributed by atoms with van der Waals surface area (Å²) in [6.07, 6.45) is 2.54. The number of carbonyl (C=O) groups excluding carboxylic acids is 1. The lowest BCUT2D eigenvalue weighted by Crippen LogP contribution is -2.29. The zero-order chi connectivity index (χ0) is 13.2. The molecule has 0 saturated carbocycles. The highest BCUT2D eigenvalue weighted by atomic mass is 32.1. The summed E-state index contributed by atoms with van der Waals surface area (Å²) >= 11 is 1.38. The molecule has 0 aliphatic carbocycles. The smallest absolute Gasteiger partial charge is 0.270 e. The lowest BCUT2D eigenvalue weighted by atomic mass is 9.98. The molecule has 19 heavy (non-hydrogen) atoms. The predicted octanol–water partition coefficient (Wildman–Crippen LogP) is 2.24. The molecule has 0 fully saturated rings. The van der Waals surface area contributed by atoms with E-state index < -0.39 is 0 Å². The molecule has 5 heteroatoms. The van der Waals surface area contributed by atoms with Crippen LogP contribution in [0.3, 0.4) is 0 Å². The normalized spacial score (nSPS) is 17.5. The van der Waals surface area contributed by atoms with Crippen LogP contribution in [0.5, 0.6) is 0 Å². The van der Waals surface area contributed by atoms with Crippen molar-refractivity contribution in [3.63, 3.8) is 0 Å². The maximum Gasteiger partial charge on any atom is 0.270 e. The summed E-state index contributed by atoms with van der Waals surface area (Å²) in [4.78, 5) is 19.0. The summed E-state index contributed by atoms with van der Waals surface area (Å²) in [5.74, 6) is 0.382. The Kier molecular flexibility index (Phi) is 3.31. The highest BCUT2D eigenvalue weighted by Crippen LogP contribution is 2.38. The van der Waals surface area contributed by atoms with Gasteiger partial charge in [0.25, 0.3) is 5.91 Å². The van der Waals surface area contributed by atoms with Crippen LogP contribution >= 0.6 is 11.3 Å². The van der Waals surface area contributed by atoms with E-state index in [9.17, 15) is 4.79 Å². The molecule has 1 unspecified atom stereocenters. The average molecular weight is 273 g/mol. The Bertz CT molecular complexity index is 582. The molecular weight excluding hydrogens is 258 g/mol. The van der Waals surface area contributed by atoms with Gasteiger partial charge in [-0.2, -0.15) is 0 Å². The van der Waals surface area contributed by atoms with E-state index in [1.165, 1.54) is 16.9 Å². The number of fused-ring (bicyclic) bond motifs is 1. The molecule has 1 aromatic carbocycles. The SMILES string of the molecule is NCCC1CN(C(=O)c2cncs2)c2ccccc21. The van der Waals surface area contributed by atoms with Gasteiger partial charge in [0.1, 0.15) is 4.88 Å². The van der Waals surface area contributed by atoms with Crippen molar-refractivity contribution in [1.82, 2.24) is 4.98 Å². The van der Waals surface area contributed by atoms with Crippen LogP contribution in [-0.4, -0.2) is 24.0 Å². The van der Waals surface area contributed by atoms with Crippen LogP contribution in [0.1, 0.15) is 27.6 Å². The maximum atomic E-state index is 12.5. The Morgan fingerprint density at radius 1 is 1.47 bits per heavy atom. The summed E-state index contributed by atoms with van der Waals surface area (Å²) in [5.41, 5.74) is 9.60. The number of hydrogen-bond acceptors (Lipinski definition) is 4. The molecule has 4 nitrogen and oxygen atoms in total. The second-order valence-corrected chi connectivity index (χ2v) is 5.50. The van der Waals surface area contributed by atoms with Gasteiger partial charge in [-0.3, -0.25) is 9.78 Å². The summed E-state index contributed by atoms with van der Waals surface area (Å²) in [6.45, 7) is 1.36. The summed E-state index contributed by atoms with van der Waals surface area (Å²) < 4.78 is 0. The van der Waals surface area contributed by atoms with Crippen molar-refractivity contribution >= 4 is 22.9 Å². The van der Waals surface area contributed by atoms with E-state index in [0.717, 1.165) is 12.1 Å². The third-order valence-corrected chi connectivity index (χ3v) is 4.23. The number of thiazole rings is 1. The fourth-order valence-corrected chi connectivity index (χ4v) is 3.16. The van der Waals surface area contributed by atoms with Crippen LogP contribution in [0.25, 0.3) is 0 Å². The second kappa shape index (κ2) is 5.11. The van der Waals surface area contributed by atoms with Crippen LogP contribution in [0.2, 0.25) is 0 Å². The number of rotatable bonds is 3. The van der Waals surface area contributed by atoms with Crippen LogP contribution in [0.4, 0.5) is 5.69 Å². The average Bonchev–Trinajstić information content (AvgIpc) is 3.07. The van der Waals surface area contributed by atoms with Crippen molar-refractivity contribution in [1.29, 1.82) is 0 Å². The zero-order valence-electron chi connectivity index (χ0n) is 10.5. The third-order valence-electron chi connectivity index (χ3n) is 3.47. The van der Waals surface area contributed by atoms with Crippen molar-refractivity contribution in [2.24, 2.45) is 5.73 Å². The standard InChI is InChI=1S/C14H15N3OS/c15-6-5-10-8-17(12-4-2-1-3-11(10)12)14(18)13-7-16-9-19-13/h1-4,7,9-10H,5-6,8,15H2. The number of benzene rings is 1. The first-order chi connectivity index (χ1) is 9.31. The van der Waals surface area contributed by atoms with Crippen molar-refractivity contribution in [2.45, 2.75) is 12.3 Å². The van der Waals surface area contributed by atoms with Crippen molar-refractivity contribution in [3.05, 3.63) is 46.4 Å². The zero-order valence-corrected chi connectivity index (χ0v) is 11.3. The molecule has 1 atom stereocenters. The Morgan fingerprint density at radius 2 is 2.32 bits per heavy atom. The van der Waals surface area contributed by atoms with E-state index in [-0.39, 0.29) is 5.91 Å². The minimum absolute atomic E-state index is 0.0365. The van der Waals surface area contributed by atoms with E-state index in [0.29, 0.717) is 23.9 Å². The number of nitrogens with two attached hydrogens (primary N) is 1. The second-order valence-electron chi connectivity index (χ2n) is 4.61. The highest BCUT2D eigenvalue weighted by Gasteiger charge is 2.32. The fourth-order valence-electron chi connectivity index (χ4n) is 2.59. The summed E-state index contributed by atoms with van der Waals surface area (Å²) in [5, 5.41) is 0. The highest BCUT2D eigenvalue weighted by molar-refractivity contribution is 7.11. The van der Waals surface area contributed by atoms with Gasteiger partial charge in [-0.25, -0.2) is 0 Å². The van der Waals surface area contributed by atoms with Crippen molar-refractivity contribution in [2.75, 3.05) is 18.0 Å². The van der Waals surface area contributed by atoms with Gasteiger partial charge in [0.15, 0.2) is 0 Å². The number of para-hydroxylation sites is 1. The van der Waals surface area contributed by atoms with Gasteiger partial charge in [-0.15, -0.1) is 11.3 Å². The lowest BCUT2D eigenvalue weighted by molar-refractivity contribution is 0.0991. The number of amides is 1. The quantitative estimate of drug-likeness (QED) is 0.933. The summed E-state index contributed by atoms with van der Waals surface area (Å²) in [6, 6.07) is 8.08. The number of aromatic nitrogens is 1. The number of hydrogen-bond donors (Lipinski definition) is 1. The molecule has 0 bridgehead atoms. The Labute approximate surface area is 115 Å². The first-order valence-corrected chi connectivity index (χ1v) is 7.18. The molecule has 2 heterocycles. The van der Waals surface area contributed by atoms with Gasteiger partial charge >= 0.3 is 0 Å². The maximum absolute atomic E-state index is 12.5.